The molecule has 3 aromatic rings. The summed E-state index contributed by atoms with van der Waals surface area (Å²) in [6.45, 7) is 0.103. The molecule has 6 nitrogen and oxygen atoms in total. The number of benzene rings is 2. The molecule has 134 valence electrons. The molecule has 2 aromatic carbocycles. The second-order valence-electron chi connectivity index (χ2n) is 5.33. The number of ether oxygens (including phenoxy) is 1. The van der Waals surface area contributed by atoms with E-state index in [1.54, 1.807) is 66.2 Å². The molecule has 0 aliphatic carbocycles. The first-order valence-electron chi connectivity index (χ1n) is 7.67. The number of hydrogen-bond donors (Lipinski definition) is 0. The first kappa shape index (κ1) is 18.1. The van der Waals surface area contributed by atoms with Crippen molar-refractivity contribution < 1.29 is 17.9 Å². The average Bonchev–Trinajstić information content (AvgIpc) is 3.20. The van der Waals surface area contributed by atoms with E-state index in [9.17, 15) is 13.2 Å². The molecule has 1 heterocycles. The SMILES string of the molecule is COC(=O)c1ccc(CN(c2nccs2)S(=O)(=O)c2ccccc2)cc1. The number of hydrogen-bond acceptors (Lipinski definition) is 6. The summed E-state index contributed by atoms with van der Waals surface area (Å²) in [5.41, 5.74) is 1.13. The topological polar surface area (TPSA) is 76.6 Å². The highest BCUT2D eigenvalue weighted by Crippen LogP contribution is 2.27. The zero-order valence-corrected chi connectivity index (χ0v) is 15.5. The predicted molar refractivity (Wildman–Crippen MR) is 99.7 cm³/mol. The van der Waals surface area contributed by atoms with E-state index in [0.717, 1.165) is 5.56 Å². The van der Waals surface area contributed by atoms with Gasteiger partial charge < -0.3 is 4.74 Å². The van der Waals surface area contributed by atoms with Crippen molar-refractivity contribution >= 4 is 32.5 Å². The number of esters is 1. The first-order chi connectivity index (χ1) is 12.5. The molecule has 0 amide bonds. The molecule has 0 aliphatic rings. The van der Waals surface area contributed by atoms with E-state index < -0.39 is 16.0 Å². The van der Waals surface area contributed by atoms with E-state index in [1.165, 1.54) is 22.8 Å². The van der Waals surface area contributed by atoms with Gasteiger partial charge in [0.2, 0.25) is 0 Å². The van der Waals surface area contributed by atoms with Crippen LogP contribution in [0.15, 0.2) is 71.1 Å². The molecule has 0 saturated heterocycles. The van der Waals surface area contributed by atoms with Crippen molar-refractivity contribution in [1.82, 2.24) is 4.98 Å². The number of thiazole rings is 1. The largest absolute Gasteiger partial charge is 0.465 e. The quantitative estimate of drug-likeness (QED) is 0.606. The lowest BCUT2D eigenvalue weighted by Gasteiger charge is -2.22. The highest BCUT2D eigenvalue weighted by atomic mass is 32.2. The number of carbonyl (C=O) groups is 1. The molecule has 8 heteroatoms. The fourth-order valence-electron chi connectivity index (χ4n) is 2.34. The van der Waals surface area contributed by atoms with Gasteiger partial charge in [0.15, 0.2) is 5.13 Å². The number of methoxy groups -OCH3 is 1. The Kier molecular flexibility index (Phi) is 5.34. The molecule has 0 radical (unpaired) electrons. The molecule has 3 rings (SSSR count). The monoisotopic (exact) mass is 388 g/mol. The predicted octanol–water partition coefficient (Wildman–Crippen LogP) is 3.33. The van der Waals surface area contributed by atoms with E-state index >= 15 is 0 Å². The van der Waals surface area contributed by atoms with Crippen LogP contribution in [0.1, 0.15) is 15.9 Å². The molecule has 0 atom stereocenters. The summed E-state index contributed by atoms with van der Waals surface area (Å²) in [5, 5.41) is 2.11. The molecule has 0 N–H and O–H groups in total. The van der Waals surface area contributed by atoms with Gasteiger partial charge in [-0.05, 0) is 29.8 Å². The molecule has 0 aliphatic heterocycles. The fraction of sp³-hybridized carbons (Fsp3) is 0.111. The number of aromatic nitrogens is 1. The summed E-state index contributed by atoms with van der Waals surface area (Å²) in [6.07, 6.45) is 1.56. The third-order valence-corrected chi connectivity index (χ3v) is 6.33. The third kappa shape index (κ3) is 3.76. The van der Waals surface area contributed by atoms with Crippen molar-refractivity contribution in [3.63, 3.8) is 0 Å². The third-order valence-electron chi connectivity index (χ3n) is 3.67. The molecular weight excluding hydrogens is 372 g/mol. The zero-order chi connectivity index (χ0) is 18.6. The number of carbonyl (C=O) groups excluding carboxylic acids is 1. The Labute approximate surface area is 155 Å². The summed E-state index contributed by atoms with van der Waals surface area (Å²) >= 11 is 1.25. The number of sulfonamides is 1. The number of rotatable bonds is 6. The minimum atomic E-state index is -3.76. The second kappa shape index (κ2) is 7.67. The highest BCUT2D eigenvalue weighted by Gasteiger charge is 2.26. The Bertz CT molecular complexity index is 970. The van der Waals surface area contributed by atoms with Gasteiger partial charge in [-0.3, -0.25) is 0 Å². The summed E-state index contributed by atoms with van der Waals surface area (Å²) in [5.74, 6) is -0.440. The van der Waals surface area contributed by atoms with Gasteiger partial charge in [0.25, 0.3) is 10.0 Å². The van der Waals surface area contributed by atoms with Gasteiger partial charge >= 0.3 is 5.97 Å². The maximum absolute atomic E-state index is 13.1. The summed E-state index contributed by atoms with van der Waals surface area (Å²) in [4.78, 5) is 15.9. The van der Waals surface area contributed by atoms with Gasteiger partial charge in [-0.2, -0.15) is 0 Å². The normalized spacial score (nSPS) is 11.1. The fourth-order valence-corrected chi connectivity index (χ4v) is 4.64. The molecule has 0 bridgehead atoms. The van der Waals surface area contributed by atoms with Crippen molar-refractivity contribution in [2.45, 2.75) is 11.4 Å². The summed E-state index contributed by atoms with van der Waals surface area (Å²) in [6, 6.07) is 14.8. The van der Waals surface area contributed by atoms with Crippen LogP contribution in [0.4, 0.5) is 5.13 Å². The van der Waals surface area contributed by atoms with Crippen LogP contribution in [0.2, 0.25) is 0 Å². The highest BCUT2D eigenvalue weighted by molar-refractivity contribution is 7.93. The Morgan fingerprint density at radius 3 is 2.38 bits per heavy atom. The first-order valence-corrected chi connectivity index (χ1v) is 9.99. The minimum Gasteiger partial charge on any atom is -0.465 e. The smallest absolute Gasteiger partial charge is 0.337 e. The molecule has 0 saturated carbocycles. The van der Waals surface area contributed by atoms with Crippen LogP contribution in [0.3, 0.4) is 0 Å². The lowest BCUT2D eigenvalue weighted by atomic mass is 10.1. The molecule has 1 aromatic heterocycles. The lowest BCUT2D eigenvalue weighted by molar-refractivity contribution is 0.0600. The van der Waals surface area contributed by atoms with E-state index in [-0.39, 0.29) is 11.4 Å². The summed E-state index contributed by atoms with van der Waals surface area (Å²) < 4.78 is 32.1. The Hall–Kier alpha value is -2.71. The molecule has 0 fully saturated rings. The van der Waals surface area contributed by atoms with Crippen LogP contribution < -0.4 is 4.31 Å². The molecular formula is C18H16N2O4S2. The van der Waals surface area contributed by atoms with E-state index in [2.05, 4.69) is 9.72 Å². The van der Waals surface area contributed by atoms with Gasteiger partial charge in [0.05, 0.1) is 24.1 Å². The lowest BCUT2D eigenvalue weighted by Crippen LogP contribution is -2.30. The summed E-state index contributed by atoms with van der Waals surface area (Å²) in [7, 11) is -2.45. The average molecular weight is 388 g/mol. The maximum Gasteiger partial charge on any atom is 0.337 e. The van der Waals surface area contributed by atoms with Gasteiger partial charge in [-0.15, -0.1) is 11.3 Å². The number of nitrogens with zero attached hydrogens (tertiary/aromatic N) is 2. The van der Waals surface area contributed by atoms with Crippen molar-refractivity contribution in [3.05, 3.63) is 77.3 Å². The van der Waals surface area contributed by atoms with Crippen molar-refractivity contribution in [2.24, 2.45) is 0 Å². The Morgan fingerprint density at radius 2 is 1.81 bits per heavy atom. The number of anilines is 1. The Morgan fingerprint density at radius 1 is 1.12 bits per heavy atom. The van der Waals surface area contributed by atoms with E-state index in [0.29, 0.717) is 10.7 Å². The van der Waals surface area contributed by atoms with Crippen molar-refractivity contribution in [2.75, 3.05) is 11.4 Å². The second-order valence-corrected chi connectivity index (χ2v) is 8.06. The van der Waals surface area contributed by atoms with E-state index in [4.69, 9.17) is 0 Å². The van der Waals surface area contributed by atoms with Crippen LogP contribution in [0, 0.1) is 0 Å². The van der Waals surface area contributed by atoms with Crippen LogP contribution in [0.25, 0.3) is 0 Å². The van der Waals surface area contributed by atoms with E-state index in [1.807, 2.05) is 0 Å². The maximum atomic E-state index is 13.1. The molecule has 0 spiro atoms. The standard InChI is InChI=1S/C18H16N2O4S2/c1-24-17(21)15-9-7-14(8-10-15)13-20(18-19-11-12-25-18)26(22,23)16-5-3-2-4-6-16/h2-12H,13H2,1H3. The molecule has 26 heavy (non-hydrogen) atoms. The van der Waals surface area contributed by atoms with Crippen LogP contribution >= 0.6 is 11.3 Å². The van der Waals surface area contributed by atoms with Gasteiger partial charge in [0, 0.05) is 11.6 Å². The Balaban J connectivity index is 1.95. The minimum absolute atomic E-state index is 0.103. The van der Waals surface area contributed by atoms with Crippen molar-refractivity contribution in [1.29, 1.82) is 0 Å². The molecule has 0 unspecified atom stereocenters. The van der Waals surface area contributed by atoms with Gasteiger partial charge in [-0.1, -0.05) is 30.3 Å². The zero-order valence-electron chi connectivity index (χ0n) is 13.9. The van der Waals surface area contributed by atoms with Crippen LogP contribution in [0.5, 0.6) is 0 Å². The van der Waals surface area contributed by atoms with Gasteiger partial charge in [0.1, 0.15) is 0 Å². The van der Waals surface area contributed by atoms with Crippen molar-refractivity contribution in [3.8, 4) is 0 Å². The van der Waals surface area contributed by atoms with Crippen LogP contribution in [-0.2, 0) is 21.3 Å². The van der Waals surface area contributed by atoms with Crippen LogP contribution in [-0.4, -0.2) is 26.5 Å². The van der Waals surface area contributed by atoms with Gasteiger partial charge in [-0.25, -0.2) is 22.5 Å².